The molecular formula is C21H17ClN6O4. The molecule has 0 unspecified atom stereocenters. The molecule has 0 aliphatic rings. The summed E-state index contributed by atoms with van der Waals surface area (Å²) in [6, 6.07) is 13.1. The molecule has 2 aromatic carbocycles. The summed E-state index contributed by atoms with van der Waals surface area (Å²) in [4.78, 5) is 41.1. The van der Waals surface area contributed by atoms with Gasteiger partial charge in [0.25, 0.3) is 5.56 Å². The summed E-state index contributed by atoms with van der Waals surface area (Å²) in [6.07, 6.45) is 1.26. The van der Waals surface area contributed by atoms with E-state index in [1.807, 2.05) is 0 Å². The van der Waals surface area contributed by atoms with Crippen LogP contribution in [0.5, 0.6) is 0 Å². The van der Waals surface area contributed by atoms with E-state index in [4.69, 9.17) is 16.3 Å². The highest BCUT2D eigenvalue weighted by molar-refractivity contribution is 6.30. The van der Waals surface area contributed by atoms with Gasteiger partial charge < -0.3 is 10.1 Å². The van der Waals surface area contributed by atoms with E-state index in [1.165, 1.54) is 11.0 Å². The van der Waals surface area contributed by atoms with Crippen LogP contribution < -0.4 is 10.9 Å². The van der Waals surface area contributed by atoms with Crippen LogP contribution in [0.2, 0.25) is 5.02 Å². The number of aromatic nitrogens is 5. The van der Waals surface area contributed by atoms with Crippen molar-refractivity contribution in [2.75, 3.05) is 11.9 Å². The van der Waals surface area contributed by atoms with E-state index in [0.29, 0.717) is 22.0 Å². The van der Waals surface area contributed by atoms with Crippen LogP contribution in [0.1, 0.15) is 17.3 Å². The van der Waals surface area contributed by atoms with Gasteiger partial charge in [0.15, 0.2) is 11.2 Å². The normalized spacial score (nSPS) is 10.8. The van der Waals surface area contributed by atoms with Crippen molar-refractivity contribution in [3.63, 3.8) is 0 Å². The third-order valence-corrected chi connectivity index (χ3v) is 4.71. The van der Waals surface area contributed by atoms with E-state index in [9.17, 15) is 14.4 Å². The van der Waals surface area contributed by atoms with Crippen molar-refractivity contribution >= 4 is 40.3 Å². The number of hydrogen-bond acceptors (Lipinski definition) is 7. The van der Waals surface area contributed by atoms with Crippen LogP contribution in [-0.2, 0) is 16.1 Å². The first-order valence-corrected chi connectivity index (χ1v) is 9.98. The molecule has 4 rings (SSSR count). The van der Waals surface area contributed by atoms with E-state index in [1.54, 1.807) is 55.5 Å². The highest BCUT2D eigenvalue weighted by Crippen LogP contribution is 2.16. The molecule has 0 aliphatic carbocycles. The number of benzene rings is 2. The molecule has 11 heteroatoms. The summed E-state index contributed by atoms with van der Waals surface area (Å²) in [5.74, 6) is -0.888. The van der Waals surface area contributed by atoms with E-state index >= 15 is 0 Å². The number of nitrogens with zero attached hydrogens (tertiary/aromatic N) is 5. The minimum atomic E-state index is -0.504. The van der Waals surface area contributed by atoms with Crippen molar-refractivity contribution in [1.29, 1.82) is 0 Å². The first-order chi connectivity index (χ1) is 15.5. The molecule has 10 nitrogen and oxygen atoms in total. The second kappa shape index (κ2) is 8.98. The number of halogens is 1. The van der Waals surface area contributed by atoms with Crippen molar-refractivity contribution in [3.05, 3.63) is 75.8 Å². The summed E-state index contributed by atoms with van der Waals surface area (Å²) < 4.78 is 7.46. The van der Waals surface area contributed by atoms with Gasteiger partial charge in [-0.3, -0.25) is 14.2 Å². The molecule has 32 heavy (non-hydrogen) atoms. The average molecular weight is 453 g/mol. The third kappa shape index (κ3) is 4.35. The molecule has 0 saturated carbocycles. The van der Waals surface area contributed by atoms with Gasteiger partial charge in [0.05, 0.1) is 17.9 Å². The minimum Gasteiger partial charge on any atom is -0.462 e. The topological polar surface area (TPSA) is 121 Å². The number of fused-ring (bicyclic) bond motifs is 1. The smallest absolute Gasteiger partial charge is 0.338 e. The summed E-state index contributed by atoms with van der Waals surface area (Å²) in [6.45, 7) is 1.72. The van der Waals surface area contributed by atoms with Crippen molar-refractivity contribution in [2.24, 2.45) is 0 Å². The Morgan fingerprint density at radius 2 is 1.94 bits per heavy atom. The molecule has 0 fully saturated rings. The van der Waals surface area contributed by atoms with Crippen molar-refractivity contribution in [3.8, 4) is 5.69 Å². The fourth-order valence-corrected chi connectivity index (χ4v) is 3.18. The average Bonchev–Trinajstić information content (AvgIpc) is 3.21. The van der Waals surface area contributed by atoms with E-state index in [-0.39, 0.29) is 24.3 Å². The van der Waals surface area contributed by atoms with E-state index < -0.39 is 17.4 Å². The van der Waals surface area contributed by atoms with Crippen LogP contribution in [0.15, 0.2) is 59.7 Å². The second-order valence-electron chi connectivity index (χ2n) is 6.68. The zero-order chi connectivity index (χ0) is 22.7. The van der Waals surface area contributed by atoms with Gasteiger partial charge in [-0.1, -0.05) is 22.9 Å². The molecule has 0 atom stereocenters. The molecule has 0 spiro atoms. The fourth-order valence-electron chi connectivity index (χ4n) is 3.00. The van der Waals surface area contributed by atoms with Crippen LogP contribution in [0.3, 0.4) is 0 Å². The zero-order valence-electron chi connectivity index (χ0n) is 16.9. The lowest BCUT2D eigenvalue weighted by Gasteiger charge is -2.08. The molecule has 2 heterocycles. The van der Waals surface area contributed by atoms with Gasteiger partial charge in [0.1, 0.15) is 12.9 Å². The Kier molecular flexibility index (Phi) is 5.95. The lowest BCUT2D eigenvalue weighted by Crippen LogP contribution is -2.28. The highest BCUT2D eigenvalue weighted by atomic mass is 35.5. The summed E-state index contributed by atoms with van der Waals surface area (Å²) in [7, 11) is 0. The molecule has 0 saturated heterocycles. The molecule has 1 N–H and O–H groups in total. The van der Waals surface area contributed by atoms with Crippen molar-refractivity contribution in [2.45, 2.75) is 13.5 Å². The molecular weight excluding hydrogens is 436 g/mol. The second-order valence-corrected chi connectivity index (χ2v) is 7.11. The van der Waals surface area contributed by atoms with Gasteiger partial charge in [-0.05, 0) is 49.4 Å². The maximum atomic E-state index is 12.8. The molecule has 4 aromatic rings. The van der Waals surface area contributed by atoms with Crippen molar-refractivity contribution in [1.82, 2.24) is 24.5 Å². The highest BCUT2D eigenvalue weighted by Gasteiger charge is 2.15. The lowest BCUT2D eigenvalue weighted by atomic mass is 10.2. The van der Waals surface area contributed by atoms with E-state index in [2.05, 4.69) is 20.6 Å². The third-order valence-electron chi connectivity index (χ3n) is 4.48. The Morgan fingerprint density at radius 1 is 1.16 bits per heavy atom. The number of amides is 1. The molecule has 2 aromatic heterocycles. The lowest BCUT2D eigenvalue weighted by molar-refractivity contribution is -0.116. The first kappa shape index (κ1) is 21.2. The Morgan fingerprint density at radius 3 is 2.66 bits per heavy atom. The summed E-state index contributed by atoms with van der Waals surface area (Å²) >= 11 is 6.02. The molecule has 1 amide bonds. The molecule has 0 aliphatic heterocycles. The first-order valence-electron chi connectivity index (χ1n) is 9.60. The number of hydrogen-bond donors (Lipinski definition) is 1. The number of carbonyl (C=O) groups excluding carboxylic acids is 2. The quantitative estimate of drug-likeness (QED) is 0.446. The fraction of sp³-hybridized carbons (Fsp3) is 0.143. The number of nitrogens with one attached hydrogen (secondary N) is 1. The maximum absolute atomic E-state index is 12.8. The Hall–Kier alpha value is -4.05. The number of rotatable bonds is 6. The Labute approximate surface area is 186 Å². The van der Waals surface area contributed by atoms with Crippen LogP contribution in [0, 0.1) is 0 Å². The monoisotopic (exact) mass is 452 g/mol. The SMILES string of the molecule is CCOC(=O)c1ccc(NC(=O)Cn2cnc3c(nnn3-c3cccc(Cl)c3)c2=O)cc1. The Balaban J connectivity index is 1.51. The van der Waals surface area contributed by atoms with Gasteiger partial charge in [-0.25, -0.2) is 9.78 Å². The van der Waals surface area contributed by atoms with E-state index in [0.717, 1.165) is 4.57 Å². The molecule has 162 valence electrons. The standard InChI is InChI=1S/C21H17ClN6O4/c1-2-32-21(31)13-6-8-15(9-7-13)24-17(29)11-27-12-23-19-18(20(27)30)25-26-28(19)16-5-3-4-14(22)10-16/h3-10,12H,2,11H2,1H3,(H,24,29). The van der Waals surface area contributed by atoms with Crippen LogP contribution in [-0.4, -0.2) is 43.0 Å². The zero-order valence-corrected chi connectivity index (χ0v) is 17.6. The Bertz CT molecular complexity index is 1360. The number of anilines is 1. The van der Waals surface area contributed by atoms with Gasteiger partial charge in [-0.15, -0.1) is 5.10 Å². The predicted molar refractivity (Wildman–Crippen MR) is 117 cm³/mol. The van der Waals surface area contributed by atoms with Gasteiger partial charge >= 0.3 is 5.97 Å². The van der Waals surface area contributed by atoms with Crippen LogP contribution in [0.25, 0.3) is 16.9 Å². The van der Waals surface area contributed by atoms with Gasteiger partial charge in [0.2, 0.25) is 5.91 Å². The molecule has 0 radical (unpaired) electrons. The predicted octanol–water partition coefficient (Wildman–Crippen LogP) is 2.45. The van der Waals surface area contributed by atoms with Crippen molar-refractivity contribution < 1.29 is 14.3 Å². The molecule has 0 bridgehead atoms. The summed E-state index contributed by atoms with van der Waals surface area (Å²) in [5, 5.41) is 11.1. The van der Waals surface area contributed by atoms with Crippen LogP contribution >= 0.6 is 11.6 Å². The minimum absolute atomic E-state index is 0.0269. The number of esters is 1. The summed E-state index contributed by atoms with van der Waals surface area (Å²) in [5.41, 5.74) is 1.22. The maximum Gasteiger partial charge on any atom is 0.338 e. The van der Waals surface area contributed by atoms with Gasteiger partial charge in [0, 0.05) is 10.7 Å². The largest absolute Gasteiger partial charge is 0.462 e. The number of carbonyl (C=O) groups is 2. The number of ether oxygens (including phenoxy) is 1. The van der Waals surface area contributed by atoms with Crippen LogP contribution in [0.4, 0.5) is 5.69 Å². The van der Waals surface area contributed by atoms with Gasteiger partial charge in [-0.2, -0.15) is 4.68 Å².